The van der Waals surface area contributed by atoms with Crippen molar-refractivity contribution in [2.75, 3.05) is 17.7 Å². The lowest BCUT2D eigenvalue weighted by Crippen LogP contribution is -2.24. The molecular weight excluding hydrogens is 398 g/mol. The molecule has 0 bridgehead atoms. The summed E-state index contributed by atoms with van der Waals surface area (Å²) >= 11 is 1.34. The minimum atomic E-state index is -0.385. The van der Waals surface area contributed by atoms with Crippen LogP contribution in [-0.2, 0) is 14.3 Å². The largest absolute Gasteiger partial charge is 0.469 e. The molecule has 0 unspecified atom stereocenters. The first-order valence-electron chi connectivity index (χ1n) is 9.63. The number of hydrogen-bond donors (Lipinski definition) is 2. The van der Waals surface area contributed by atoms with Gasteiger partial charge in [0.25, 0.3) is 0 Å². The summed E-state index contributed by atoms with van der Waals surface area (Å²) in [6, 6.07) is 13.4. The van der Waals surface area contributed by atoms with Crippen LogP contribution in [0.25, 0.3) is 0 Å². The second kappa shape index (κ2) is 9.63. The first-order valence-corrected chi connectivity index (χ1v) is 10.5. The van der Waals surface area contributed by atoms with E-state index in [2.05, 4.69) is 10.6 Å². The lowest BCUT2D eigenvalue weighted by Gasteiger charge is -2.14. The summed E-state index contributed by atoms with van der Waals surface area (Å²) in [5, 5.41) is 6.51. The molecule has 1 atom stereocenters. The van der Waals surface area contributed by atoms with Crippen molar-refractivity contribution in [1.82, 2.24) is 0 Å². The molecule has 0 spiro atoms. The number of thioether (sulfide) groups is 1. The molecule has 156 valence electrons. The number of nitrogens with zero attached hydrogens (tertiary/aromatic N) is 1. The average Bonchev–Trinajstić information content (AvgIpc) is 2.89. The SMILES string of the molecule is COC(=O)CC1=CC(S[C@@H](C)C(=O)Nc2cccc(C)c2C)=Nc2ccccc2N1. The van der Waals surface area contributed by atoms with Gasteiger partial charge in [-0.15, -0.1) is 0 Å². The zero-order chi connectivity index (χ0) is 21.7. The maximum Gasteiger partial charge on any atom is 0.311 e. The van der Waals surface area contributed by atoms with Crippen LogP contribution in [0.1, 0.15) is 24.5 Å². The zero-order valence-corrected chi connectivity index (χ0v) is 18.3. The number of anilines is 2. The van der Waals surface area contributed by atoms with Crippen LogP contribution in [0.15, 0.2) is 59.2 Å². The number of para-hydroxylation sites is 2. The maximum atomic E-state index is 12.8. The molecule has 0 fully saturated rings. The lowest BCUT2D eigenvalue weighted by atomic mass is 10.1. The van der Waals surface area contributed by atoms with Gasteiger partial charge in [-0.2, -0.15) is 0 Å². The minimum Gasteiger partial charge on any atom is -0.469 e. The van der Waals surface area contributed by atoms with Gasteiger partial charge in [0.2, 0.25) is 5.91 Å². The third-order valence-electron chi connectivity index (χ3n) is 4.82. The second-order valence-corrected chi connectivity index (χ2v) is 8.37. The smallest absolute Gasteiger partial charge is 0.311 e. The van der Waals surface area contributed by atoms with Crippen molar-refractivity contribution in [2.45, 2.75) is 32.4 Å². The highest BCUT2D eigenvalue weighted by atomic mass is 32.2. The number of rotatable bonds is 5. The van der Waals surface area contributed by atoms with Crippen LogP contribution < -0.4 is 10.6 Å². The predicted molar refractivity (Wildman–Crippen MR) is 123 cm³/mol. The van der Waals surface area contributed by atoms with Crippen molar-refractivity contribution in [1.29, 1.82) is 0 Å². The number of fused-ring (bicyclic) bond motifs is 1. The third-order valence-corrected chi connectivity index (χ3v) is 5.84. The number of esters is 1. The Hall–Kier alpha value is -3.06. The summed E-state index contributed by atoms with van der Waals surface area (Å²) in [5.41, 5.74) is 5.20. The molecule has 6 nitrogen and oxygen atoms in total. The standard InChI is InChI=1S/C23H25N3O3S/c1-14-8-7-11-18(15(14)2)26-23(28)16(3)30-21-12-17(13-22(27)29-4)24-19-9-5-6-10-20(19)25-21/h5-12,16,24H,13H2,1-4H3,(H,26,28)/t16-/m0/s1. The Morgan fingerprint density at radius 3 is 2.70 bits per heavy atom. The number of hydrogen-bond acceptors (Lipinski definition) is 6. The summed E-state index contributed by atoms with van der Waals surface area (Å²) in [5.74, 6) is -0.456. The van der Waals surface area contributed by atoms with Crippen LogP contribution in [0, 0.1) is 13.8 Å². The van der Waals surface area contributed by atoms with E-state index in [1.165, 1.54) is 18.9 Å². The number of benzene rings is 2. The van der Waals surface area contributed by atoms with E-state index in [9.17, 15) is 9.59 Å². The molecule has 2 N–H and O–H groups in total. The second-order valence-electron chi connectivity index (χ2n) is 7.01. The highest BCUT2D eigenvalue weighted by Gasteiger charge is 2.20. The molecule has 30 heavy (non-hydrogen) atoms. The molecule has 1 heterocycles. The van der Waals surface area contributed by atoms with E-state index in [-0.39, 0.29) is 23.5 Å². The molecule has 0 saturated heterocycles. The molecule has 1 aliphatic heterocycles. The van der Waals surface area contributed by atoms with E-state index in [1.54, 1.807) is 6.08 Å². The molecule has 1 amide bonds. The van der Waals surface area contributed by atoms with Gasteiger partial charge in [-0.3, -0.25) is 9.59 Å². The van der Waals surface area contributed by atoms with E-state index >= 15 is 0 Å². The van der Waals surface area contributed by atoms with Crippen molar-refractivity contribution in [3.63, 3.8) is 0 Å². The lowest BCUT2D eigenvalue weighted by molar-refractivity contribution is -0.139. The van der Waals surface area contributed by atoms with Gasteiger partial charge < -0.3 is 15.4 Å². The number of methoxy groups -OCH3 is 1. The van der Waals surface area contributed by atoms with Gasteiger partial charge in [0, 0.05) is 11.4 Å². The Labute approximate surface area is 180 Å². The number of amides is 1. The van der Waals surface area contributed by atoms with Crippen LogP contribution >= 0.6 is 11.8 Å². The number of aliphatic imine (C=N–C) groups is 1. The first kappa shape index (κ1) is 21.6. The van der Waals surface area contributed by atoms with E-state index in [0.29, 0.717) is 10.7 Å². The number of nitrogens with one attached hydrogen (secondary N) is 2. The van der Waals surface area contributed by atoms with Gasteiger partial charge in [-0.1, -0.05) is 36.0 Å². The van der Waals surface area contributed by atoms with Crippen LogP contribution in [0.3, 0.4) is 0 Å². The predicted octanol–water partition coefficient (Wildman–Crippen LogP) is 4.97. The first-order chi connectivity index (χ1) is 14.4. The summed E-state index contributed by atoms with van der Waals surface area (Å²) in [6.45, 7) is 5.84. The summed E-state index contributed by atoms with van der Waals surface area (Å²) in [4.78, 5) is 29.3. The number of aryl methyl sites for hydroxylation is 1. The van der Waals surface area contributed by atoms with Gasteiger partial charge in [0.05, 0.1) is 35.2 Å². The summed E-state index contributed by atoms with van der Waals surface area (Å²) in [6.07, 6.45) is 1.89. The summed E-state index contributed by atoms with van der Waals surface area (Å²) in [7, 11) is 1.36. The quantitative estimate of drug-likeness (QED) is 0.664. The van der Waals surface area contributed by atoms with Crippen LogP contribution in [0.5, 0.6) is 0 Å². The van der Waals surface area contributed by atoms with Crippen molar-refractivity contribution < 1.29 is 14.3 Å². The molecule has 2 aromatic rings. The highest BCUT2D eigenvalue weighted by molar-refractivity contribution is 8.15. The number of carbonyl (C=O) groups excluding carboxylic acids is 2. The molecule has 0 aliphatic carbocycles. The Kier molecular flexibility index (Phi) is 6.95. The Bertz CT molecular complexity index is 1030. The molecule has 0 radical (unpaired) electrons. The van der Waals surface area contributed by atoms with Gasteiger partial charge in [-0.25, -0.2) is 4.99 Å². The van der Waals surface area contributed by atoms with Gasteiger partial charge in [0.1, 0.15) is 0 Å². The van der Waals surface area contributed by atoms with E-state index in [4.69, 9.17) is 9.73 Å². The highest BCUT2D eigenvalue weighted by Crippen LogP contribution is 2.32. The topological polar surface area (TPSA) is 79.8 Å². The molecule has 0 saturated carbocycles. The van der Waals surface area contributed by atoms with Crippen molar-refractivity contribution >= 4 is 45.7 Å². The van der Waals surface area contributed by atoms with Crippen molar-refractivity contribution in [2.24, 2.45) is 4.99 Å². The summed E-state index contributed by atoms with van der Waals surface area (Å²) < 4.78 is 4.79. The van der Waals surface area contributed by atoms with Crippen LogP contribution in [-0.4, -0.2) is 29.3 Å². The maximum absolute atomic E-state index is 12.8. The minimum absolute atomic E-state index is 0.0908. The fraction of sp³-hybridized carbons (Fsp3) is 0.261. The van der Waals surface area contributed by atoms with Crippen LogP contribution in [0.4, 0.5) is 17.1 Å². The molecule has 0 aromatic heterocycles. The Morgan fingerprint density at radius 2 is 1.93 bits per heavy atom. The van der Waals surface area contributed by atoms with Crippen molar-refractivity contribution in [3.05, 3.63) is 65.4 Å². The molecule has 3 rings (SSSR count). The Morgan fingerprint density at radius 1 is 1.17 bits per heavy atom. The Balaban J connectivity index is 1.80. The van der Waals surface area contributed by atoms with E-state index in [0.717, 1.165) is 28.2 Å². The van der Waals surface area contributed by atoms with E-state index in [1.807, 2.05) is 63.2 Å². The molecular formula is C23H25N3O3S. The van der Waals surface area contributed by atoms with Gasteiger partial charge >= 0.3 is 5.97 Å². The number of ether oxygens (including phenoxy) is 1. The normalized spacial score (nSPS) is 13.7. The van der Waals surface area contributed by atoms with Gasteiger partial charge in [0.15, 0.2) is 0 Å². The van der Waals surface area contributed by atoms with Crippen molar-refractivity contribution in [3.8, 4) is 0 Å². The van der Waals surface area contributed by atoms with Crippen LogP contribution in [0.2, 0.25) is 0 Å². The molecule has 1 aliphatic rings. The van der Waals surface area contributed by atoms with Gasteiger partial charge in [-0.05, 0) is 56.2 Å². The monoisotopic (exact) mass is 423 g/mol. The molecule has 7 heteroatoms. The van der Waals surface area contributed by atoms with E-state index < -0.39 is 0 Å². The zero-order valence-electron chi connectivity index (χ0n) is 17.5. The number of carbonyl (C=O) groups is 2. The third kappa shape index (κ3) is 5.30. The fourth-order valence-electron chi connectivity index (χ4n) is 2.92. The molecule has 2 aromatic carbocycles. The average molecular weight is 424 g/mol. The fourth-order valence-corrected chi connectivity index (χ4v) is 3.81.